The number of rotatable bonds is 9. The van der Waals surface area contributed by atoms with Crippen molar-refractivity contribution in [2.45, 2.75) is 59.0 Å². The summed E-state index contributed by atoms with van der Waals surface area (Å²) in [5.41, 5.74) is 2.14. The van der Waals surface area contributed by atoms with Crippen LogP contribution in [0.15, 0.2) is 0 Å². The largest absolute Gasteiger partial charge is 0.464 e. The van der Waals surface area contributed by atoms with Gasteiger partial charge in [-0.3, -0.25) is 9.59 Å². The normalized spacial score (nSPS) is 16.2. The van der Waals surface area contributed by atoms with E-state index in [9.17, 15) is 14.4 Å². The molecule has 1 atom stereocenters. The van der Waals surface area contributed by atoms with Crippen molar-refractivity contribution in [2.75, 3.05) is 26.8 Å². The van der Waals surface area contributed by atoms with Crippen LogP contribution in [0.2, 0.25) is 0 Å². The Morgan fingerprint density at radius 3 is 2.57 bits per heavy atom. The van der Waals surface area contributed by atoms with Gasteiger partial charge in [0.1, 0.15) is 5.69 Å². The number of esters is 1. The second-order valence-corrected chi connectivity index (χ2v) is 7.42. The summed E-state index contributed by atoms with van der Waals surface area (Å²) in [6, 6.07) is 0. The van der Waals surface area contributed by atoms with Gasteiger partial charge in [0.15, 0.2) is 5.78 Å². The van der Waals surface area contributed by atoms with Crippen molar-refractivity contribution in [1.29, 1.82) is 0 Å². The number of carbonyl (C=O) groups excluding carboxylic acids is 3. The lowest BCUT2D eigenvalue weighted by Crippen LogP contribution is -2.40. The van der Waals surface area contributed by atoms with Crippen LogP contribution in [0.1, 0.15) is 71.1 Å². The molecule has 2 rings (SSSR count). The molecule has 2 heterocycles. The number of unbranched alkanes of at least 4 members (excludes halogenated alkanes) is 1. The number of ketones is 1. The first-order chi connectivity index (χ1) is 13.3. The van der Waals surface area contributed by atoms with Gasteiger partial charge in [-0.2, -0.15) is 0 Å². The fraction of sp³-hybridized carbons (Fsp3) is 0.667. The number of Topliss-reactive ketones (excluding diaryl/α,β-unsaturated/α-hetero) is 1. The zero-order valence-electron chi connectivity index (χ0n) is 17.7. The van der Waals surface area contributed by atoms with E-state index in [0.717, 1.165) is 25.7 Å². The lowest BCUT2D eigenvalue weighted by molar-refractivity contribution is -0.132. The summed E-state index contributed by atoms with van der Waals surface area (Å²) in [5, 5.41) is 0. The molecule has 7 heteroatoms. The Morgan fingerprint density at radius 2 is 2.00 bits per heavy atom. The predicted molar refractivity (Wildman–Crippen MR) is 106 cm³/mol. The van der Waals surface area contributed by atoms with E-state index in [-0.39, 0.29) is 24.3 Å². The molecule has 1 aliphatic heterocycles. The Balaban J connectivity index is 2.24. The van der Waals surface area contributed by atoms with Gasteiger partial charge in [-0.15, -0.1) is 0 Å². The molecular weight excluding hydrogens is 360 g/mol. The van der Waals surface area contributed by atoms with Crippen LogP contribution in [0.25, 0.3) is 0 Å². The van der Waals surface area contributed by atoms with Gasteiger partial charge in [0, 0.05) is 37.9 Å². The molecule has 1 amide bonds. The zero-order valence-corrected chi connectivity index (χ0v) is 17.7. The molecule has 0 spiro atoms. The average molecular weight is 392 g/mol. The SMILES string of the molecule is CCCCC(=O)N(CC(=O)c1c(C)c(C(=O)OC)n(C)c1C)CC1CCCO1. The van der Waals surface area contributed by atoms with Crippen LogP contribution >= 0.6 is 0 Å². The third-order valence-electron chi connectivity index (χ3n) is 5.47. The van der Waals surface area contributed by atoms with E-state index in [4.69, 9.17) is 9.47 Å². The fourth-order valence-electron chi connectivity index (χ4n) is 3.80. The average Bonchev–Trinajstić information content (AvgIpc) is 3.25. The van der Waals surface area contributed by atoms with Gasteiger partial charge >= 0.3 is 5.97 Å². The first kappa shape index (κ1) is 22.1. The monoisotopic (exact) mass is 392 g/mol. The summed E-state index contributed by atoms with van der Waals surface area (Å²) in [7, 11) is 3.06. The van der Waals surface area contributed by atoms with E-state index in [1.54, 1.807) is 30.4 Å². The van der Waals surface area contributed by atoms with E-state index in [0.29, 0.717) is 42.1 Å². The maximum Gasteiger partial charge on any atom is 0.354 e. The summed E-state index contributed by atoms with van der Waals surface area (Å²) >= 11 is 0. The van der Waals surface area contributed by atoms with E-state index in [1.165, 1.54) is 7.11 Å². The van der Waals surface area contributed by atoms with Crippen molar-refractivity contribution >= 4 is 17.7 Å². The number of hydrogen-bond donors (Lipinski definition) is 0. The van der Waals surface area contributed by atoms with Crippen LogP contribution in [0.3, 0.4) is 0 Å². The van der Waals surface area contributed by atoms with Crippen molar-refractivity contribution in [3.8, 4) is 0 Å². The number of methoxy groups -OCH3 is 1. The van der Waals surface area contributed by atoms with Crippen molar-refractivity contribution in [2.24, 2.45) is 7.05 Å². The summed E-state index contributed by atoms with van der Waals surface area (Å²) in [6.07, 6.45) is 4.02. The minimum absolute atomic E-state index is 0.00524. The van der Waals surface area contributed by atoms with Gasteiger partial charge in [-0.05, 0) is 38.7 Å². The number of hydrogen-bond acceptors (Lipinski definition) is 5. The molecule has 0 N–H and O–H groups in total. The third-order valence-corrected chi connectivity index (χ3v) is 5.47. The molecule has 28 heavy (non-hydrogen) atoms. The summed E-state index contributed by atoms with van der Waals surface area (Å²) in [6.45, 7) is 6.71. The van der Waals surface area contributed by atoms with Crippen molar-refractivity contribution in [3.63, 3.8) is 0 Å². The Kier molecular flexibility index (Phi) is 7.80. The van der Waals surface area contributed by atoms with E-state index in [2.05, 4.69) is 0 Å². The Morgan fingerprint density at radius 1 is 1.29 bits per heavy atom. The van der Waals surface area contributed by atoms with Gasteiger partial charge in [0.2, 0.25) is 5.91 Å². The molecule has 0 aromatic carbocycles. The number of ether oxygens (including phenoxy) is 2. The Labute approximate surface area is 167 Å². The van der Waals surface area contributed by atoms with Crippen molar-refractivity contribution in [3.05, 3.63) is 22.5 Å². The van der Waals surface area contributed by atoms with Crippen LogP contribution in [0, 0.1) is 13.8 Å². The predicted octanol–water partition coefficient (Wildman–Crippen LogP) is 2.81. The molecule has 1 aromatic rings. The van der Waals surface area contributed by atoms with E-state index < -0.39 is 5.97 Å². The summed E-state index contributed by atoms with van der Waals surface area (Å²) in [4.78, 5) is 39.5. The van der Waals surface area contributed by atoms with E-state index in [1.807, 2.05) is 6.92 Å². The molecule has 1 fully saturated rings. The van der Waals surface area contributed by atoms with Gasteiger partial charge in [-0.25, -0.2) is 4.79 Å². The van der Waals surface area contributed by atoms with Crippen molar-refractivity contribution in [1.82, 2.24) is 9.47 Å². The zero-order chi connectivity index (χ0) is 20.8. The molecule has 0 bridgehead atoms. The molecule has 1 aromatic heterocycles. The second kappa shape index (κ2) is 9.87. The maximum atomic E-state index is 13.1. The van der Waals surface area contributed by atoms with Crippen LogP contribution in [0.5, 0.6) is 0 Å². The van der Waals surface area contributed by atoms with Crippen LogP contribution < -0.4 is 0 Å². The maximum absolute atomic E-state index is 13.1. The quantitative estimate of drug-likeness (QED) is 0.477. The molecular formula is C21H32N2O5. The molecule has 156 valence electrons. The van der Waals surface area contributed by atoms with Gasteiger partial charge in [-0.1, -0.05) is 13.3 Å². The van der Waals surface area contributed by atoms with Crippen LogP contribution in [0.4, 0.5) is 0 Å². The van der Waals surface area contributed by atoms with Crippen molar-refractivity contribution < 1.29 is 23.9 Å². The highest BCUT2D eigenvalue weighted by molar-refractivity contribution is 6.04. The minimum atomic E-state index is -0.475. The number of nitrogens with zero attached hydrogens (tertiary/aromatic N) is 2. The van der Waals surface area contributed by atoms with Gasteiger partial charge in [0.05, 0.1) is 19.8 Å². The molecule has 1 unspecified atom stereocenters. The third kappa shape index (κ3) is 4.82. The van der Waals surface area contributed by atoms with E-state index >= 15 is 0 Å². The smallest absolute Gasteiger partial charge is 0.354 e. The highest BCUT2D eigenvalue weighted by Gasteiger charge is 2.29. The van der Waals surface area contributed by atoms with Gasteiger partial charge in [0.25, 0.3) is 0 Å². The first-order valence-electron chi connectivity index (χ1n) is 9.98. The number of aromatic nitrogens is 1. The van der Waals surface area contributed by atoms with Crippen LogP contribution in [-0.4, -0.2) is 60.0 Å². The number of amides is 1. The standard InChI is InChI=1S/C21H32N2O5/c1-6-7-10-18(25)23(12-16-9-8-11-28-16)13-17(24)19-14(2)20(21(26)27-5)22(4)15(19)3/h16H,6-13H2,1-5H3. The second-order valence-electron chi connectivity index (χ2n) is 7.42. The highest BCUT2D eigenvalue weighted by Crippen LogP contribution is 2.23. The lowest BCUT2D eigenvalue weighted by atomic mass is 10.0. The molecule has 1 aliphatic rings. The topological polar surface area (TPSA) is 77.8 Å². The molecule has 0 radical (unpaired) electrons. The molecule has 1 saturated heterocycles. The summed E-state index contributed by atoms with van der Waals surface area (Å²) in [5.74, 6) is -0.661. The molecule has 7 nitrogen and oxygen atoms in total. The number of carbonyl (C=O) groups is 3. The first-order valence-corrected chi connectivity index (χ1v) is 9.98. The summed E-state index contributed by atoms with van der Waals surface area (Å²) < 4.78 is 12.2. The molecule has 0 aliphatic carbocycles. The molecule has 0 saturated carbocycles. The minimum Gasteiger partial charge on any atom is -0.464 e. The lowest BCUT2D eigenvalue weighted by Gasteiger charge is -2.25. The van der Waals surface area contributed by atoms with Crippen LogP contribution in [-0.2, 0) is 21.3 Å². The van der Waals surface area contributed by atoms with Gasteiger partial charge < -0.3 is 18.9 Å². The fourth-order valence-corrected chi connectivity index (χ4v) is 3.80. The highest BCUT2D eigenvalue weighted by atomic mass is 16.5. The Hall–Kier alpha value is -2.15. The Bertz CT molecular complexity index is 732.